The van der Waals surface area contributed by atoms with Crippen molar-refractivity contribution in [1.29, 1.82) is 0 Å². The molecule has 31 heavy (non-hydrogen) atoms. The molecule has 1 fully saturated rings. The summed E-state index contributed by atoms with van der Waals surface area (Å²) in [5, 5.41) is 11.0. The van der Waals surface area contributed by atoms with Gasteiger partial charge in [-0.2, -0.15) is 10.2 Å². The molecule has 0 saturated carbocycles. The van der Waals surface area contributed by atoms with E-state index in [1.54, 1.807) is 17.6 Å². The van der Waals surface area contributed by atoms with Crippen LogP contribution in [0.2, 0.25) is 0 Å². The summed E-state index contributed by atoms with van der Waals surface area (Å²) in [6.45, 7) is 3.95. The van der Waals surface area contributed by atoms with Crippen molar-refractivity contribution in [3.05, 3.63) is 65.1 Å². The summed E-state index contributed by atoms with van der Waals surface area (Å²) in [4.78, 5) is 20.0. The fourth-order valence-electron chi connectivity index (χ4n) is 3.89. The number of rotatable bonds is 6. The topological polar surface area (TPSA) is 79.8 Å². The number of nitrogens with zero attached hydrogens (tertiary/aromatic N) is 6. The minimum atomic E-state index is -0.196. The number of imidazole rings is 1. The van der Waals surface area contributed by atoms with Gasteiger partial charge in [-0.3, -0.25) is 9.20 Å². The van der Waals surface area contributed by atoms with Crippen LogP contribution in [-0.4, -0.2) is 44.4 Å². The molecule has 1 aliphatic rings. The van der Waals surface area contributed by atoms with Gasteiger partial charge in [-0.15, -0.1) is 11.3 Å². The molecule has 158 valence electrons. The molecule has 3 aromatic heterocycles. The number of para-hydroxylation sites is 1. The first-order valence-electron chi connectivity index (χ1n) is 10.3. The van der Waals surface area contributed by atoms with E-state index in [9.17, 15) is 4.79 Å². The van der Waals surface area contributed by atoms with Crippen LogP contribution < -0.4 is 10.3 Å². The highest BCUT2D eigenvalue weighted by atomic mass is 32.1. The number of benzene rings is 1. The first kappa shape index (κ1) is 19.5. The molecule has 5 rings (SSSR count). The molecule has 1 aromatic carbocycles. The average Bonchev–Trinajstić information content (AvgIpc) is 3.53. The Kier molecular flexibility index (Phi) is 5.25. The number of hydrogen-bond acceptors (Lipinski definition) is 6. The number of carbonyl (C=O) groups excluding carboxylic acids is 1. The third kappa shape index (κ3) is 3.96. The number of carbonyl (C=O) groups is 1. The Morgan fingerprint density at radius 2 is 2.06 bits per heavy atom. The second-order valence-corrected chi connectivity index (χ2v) is 8.43. The van der Waals surface area contributed by atoms with Crippen LogP contribution in [0.15, 0.2) is 53.2 Å². The van der Waals surface area contributed by atoms with Crippen molar-refractivity contribution in [3.63, 3.8) is 0 Å². The molecule has 0 spiro atoms. The Labute approximate surface area is 183 Å². The SMILES string of the molecule is Cc1nn(-c2ccccc2)c(N2CCCC2)c1/C=N/NC(=O)Cc1cn2ccsc2n1. The van der Waals surface area contributed by atoms with Crippen LogP contribution in [0.4, 0.5) is 5.82 Å². The van der Waals surface area contributed by atoms with Crippen molar-refractivity contribution >= 4 is 34.2 Å². The van der Waals surface area contributed by atoms with Crippen molar-refractivity contribution < 1.29 is 4.79 Å². The molecule has 0 radical (unpaired) electrons. The number of amides is 1. The molecule has 0 atom stereocenters. The summed E-state index contributed by atoms with van der Waals surface area (Å²) >= 11 is 1.54. The highest BCUT2D eigenvalue weighted by Crippen LogP contribution is 2.28. The molecule has 1 N–H and O–H groups in total. The number of aryl methyl sites for hydroxylation is 1. The largest absolute Gasteiger partial charge is 0.356 e. The first-order chi connectivity index (χ1) is 15.2. The number of anilines is 1. The molecule has 4 aromatic rings. The normalized spacial score (nSPS) is 14.2. The predicted octanol–water partition coefficient (Wildman–Crippen LogP) is 3.18. The highest BCUT2D eigenvalue weighted by molar-refractivity contribution is 7.15. The maximum Gasteiger partial charge on any atom is 0.246 e. The number of aromatic nitrogens is 4. The summed E-state index contributed by atoms with van der Waals surface area (Å²) in [6.07, 6.45) is 8.02. The molecule has 4 heterocycles. The number of hydrogen-bond donors (Lipinski definition) is 1. The van der Waals surface area contributed by atoms with Crippen LogP contribution in [-0.2, 0) is 11.2 Å². The van der Waals surface area contributed by atoms with E-state index in [0.29, 0.717) is 0 Å². The van der Waals surface area contributed by atoms with E-state index in [2.05, 4.69) is 20.4 Å². The third-order valence-electron chi connectivity index (χ3n) is 5.36. The molecule has 1 aliphatic heterocycles. The van der Waals surface area contributed by atoms with Crippen molar-refractivity contribution in [2.45, 2.75) is 26.2 Å². The van der Waals surface area contributed by atoms with Crippen LogP contribution in [0.3, 0.4) is 0 Å². The molecular weight excluding hydrogens is 410 g/mol. The van der Waals surface area contributed by atoms with Gasteiger partial charge in [0.25, 0.3) is 0 Å². The fraction of sp³-hybridized carbons (Fsp3) is 0.273. The molecule has 8 nitrogen and oxygen atoms in total. The van der Waals surface area contributed by atoms with E-state index in [1.807, 2.05) is 64.1 Å². The van der Waals surface area contributed by atoms with Gasteiger partial charge in [-0.25, -0.2) is 15.1 Å². The Balaban J connectivity index is 1.36. The average molecular weight is 434 g/mol. The number of fused-ring (bicyclic) bond motifs is 1. The van der Waals surface area contributed by atoms with Crippen molar-refractivity contribution in [3.8, 4) is 5.69 Å². The number of hydrazone groups is 1. The third-order valence-corrected chi connectivity index (χ3v) is 6.13. The zero-order valence-electron chi connectivity index (χ0n) is 17.2. The van der Waals surface area contributed by atoms with Crippen molar-refractivity contribution in [2.24, 2.45) is 5.10 Å². The van der Waals surface area contributed by atoms with E-state index in [4.69, 9.17) is 5.10 Å². The van der Waals surface area contributed by atoms with E-state index in [1.165, 1.54) is 0 Å². The fourth-order valence-corrected chi connectivity index (χ4v) is 4.61. The van der Waals surface area contributed by atoms with Crippen molar-refractivity contribution in [2.75, 3.05) is 18.0 Å². The lowest BCUT2D eigenvalue weighted by atomic mass is 10.2. The van der Waals surface area contributed by atoms with Gasteiger partial charge in [0.15, 0.2) is 4.96 Å². The summed E-state index contributed by atoms with van der Waals surface area (Å²) in [6, 6.07) is 10.1. The molecule has 0 bridgehead atoms. The molecule has 0 aliphatic carbocycles. The van der Waals surface area contributed by atoms with Crippen LogP contribution in [0, 0.1) is 6.92 Å². The summed E-state index contributed by atoms with van der Waals surface area (Å²) in [5.74, 6) is 0.825. The van der Waals surface area contributed by atoms with Gasteiger partial charge < -0.3 is 4.90 Å². The monoisotopic (exact) mass is 433 g/mol. The first-order valence-corrected chi connectivity index (χ1v) is 11.2. The van der Waals surface area contributed by atoms with Gasteiger partial charge in [0.1, 0.15) is 5.82 Å². The van der Waals surface area contributed by atoms with Crippen LogP contribution in [0.1, 0.15) is 29.8 Å². The Morgan fingerprint density at radius 1 is 1.26 bits per heavy atom. The zero-order valence-corrected chi connectivity index (χ0v) is 18.0. The number of nitrogens with one attached hydrogen (secondary N) is 1. The quantitative estimate of drug-likeness (QED) is 0.374. The van der Waals surface area contributed by atoms with E-state index in [0.717, 1.165) is 59.3 Å². The van der Waals surface area contributed by atoms with Crippen molar-refractivity contribution in [1.82, 2.24) is 24.6 Å². The van der Waals surface area contributed by atoms with Gasteiger partial charge in [-0.05, 0) is 31.9 Å². The smallest absolute Gasteiger partial charge is 0.246 e. The lowest BCUT2D eigenvalue weighted by Crippen LogP contribution is -2.23. The summed E-state index contributed by atoms with van der Waals surface area (Å²) < 4.78 is 3.89. The summed E-state index contributed by atoms with van der Waals surface area (Å²) in [5.41, 5.74) is 6.17. The van der Waals surface area contributed by atoms with E-state index >= 15 is 0 Å². The van der Waals surface area contributed by atoms with Crippen LogP contribution >= 0.6 is 11.3 Å². The van der Waals surface area contributed by atoms with Gasteiger partial charge >= 0.3 is 0 Å². The zero-order chi connectivity index (χ0) is 21.2. The summed E-state index contributed by atoms with van der Waals surface area (Å²) in [7, 11) is 0. The molecule has 0 unspecified atom stereocenters. The standard InChI is InChI=1S/C22H23N7OS/c1-16-19(14-23-25-20(30)13-17-15-28-11-12-31-22(28)24-17)21(27-9-5-6-10-27)29(26-16)18-7-3-2-4-8-18/h2-4,7-8,11-12,14-15H,5-6,9-10,13H2,1H3,(H,25,30)/b23-14+. The van der Waals surface area contributed by atoms with Crippen LogP contribution in [0.25, 0.3) is 10.6 Å². The maximum absolute atomic E-state index is 12.4. The highest BCUT2D eigenvalue weighted by Gasteiger charge is 2.23. The van der Waals surface area contributed by atoms with Gasteiger partial charge in [0, 0.05) is 30.9 Å². The van der Waals surface area contributed by atoms with Gasteiger partial charge in [0.2, 0.25) is 5.91 Å². The minimum absolute atomic E-state index is 0.187. The molecule has 1 amide bonds. The Morgan fingerprint density at radius 3 is 2.84 bits per heavy atom. The predicted molar refractivity (Wildman–Crippen MR) is 122 cm³/mol. The van der Waals surface area contributed by atoms with E-state index < -0.39 is 0 Å². The lowest BCUT2D eigenvalue weighted by Gasteiger charge is -2.20. The molecule has 9 heteroatoms. The second-order valence-electron chi connectivity index (χ2n) is 7.56. The van der Waals surface area contributed by atoms with E-state index in [-0.39, 0.29) is 12.3 Å². The Hall–Kier alpha value is -3.46. The molecular formula is C22H23N7OS. The van der Waals surface area contributed by atoms with Gasteiger partial charge in [-0.1, -0.05) is 18.2 Å². The molecule has 1 saturated heterocycles. The number of thiazole rings is 1. The van der Waals surface area contributed by atoms with Crippen LogP contribution in [0.5, 0.6) is 0 Å². The second kappa shape index (κ2) is 8.35. The minimum Gasteiger partial charge on any atom is -0.356 e. The Bertz CT molecular complexity index is 1200. The van der Waals surface area contributed by atoms with Gasteiger partial charge in [0.05, 0.1) is 35.3 Å². The maximum atomic E-state index is 12.4. The lowest BCUT2D eigenvalue weighted by molar-refractivity contribution is -0.120.